The number of nitrogens with zero attached hydrogens (tertiary/aromatic N) is 3. The van der Waals surface area contributed by atoms with E-state index in [0.29, 0.717) is 19.5 Å². The second kappa shape index (κ2) is 6.20. The molecule has 7 nitrogen and oxygen atoms in total. The van der Waals surface area contributed by atoms with E-state index in [2.05, 4.69) is 9.97 Å². The van der Waals surface area contributed by atoms with E-state index in [4.69, 9.17) is 4.74 Å². The second-order valence-corrected chi connectivity index (χ2v) is 8.32. The molecule has 1 amide bonds. The van der Waals surface area contributed by atoms with Crippen molar-refractivity contribution in [1.29, 1.82) is 0 Å². The molecule has 2 rings (SSSR count). The molecule has 0 aliphatic carbocycles. The monoisotopic (exact) mass is 327 g/mol. The van der Waals surface area contributed by atoms with Crippen molar-refractivity contribution in [2.24, 2.45) is 5.92 Å². The van der Waals surface area contributed by atoms with Crippen LogP contribution in [0, 0.1) is 5.92 Å². The summed E-state index contributed by atoms with van der Waals surface area (Å²) in [4.78, 5) is 21.1. The Morgan fingerprint density at radius 1 is 1.36 bits per heavy atom. The van der Waals surface area contributed by atoms with Gasteiger partial charge in [0.05, 0.1) is 5.75 Å². The van der Waals surface area contributed by atoms with Gasteiger partial charge in [-0.25, -0.2) is 23.2 Å². The summed E-state index contributed by atoms with van der Waals surface area (Å²) in [7, 11) is -3.53. The highest BCUT2D eigenvalue weighted by Crippen LogP contribution is 2.22. The van der Waals surface area contributed by atoms with Gasteiger partial charge in [0.2, 0.25) is 15.0 Å². The van der Waals surface area contributed by atoms with Gasteiger partial charge in [-0.1, -0.05) is 0 Å². The number of ether oxygens (including phenoxy) is 1. The predicted octanol–water partition coefficient (Wildman–Crippen LogP) is 1.51. The Kier molecular flexibility index (Phi) is 4.69. The summed E-state index contributed by atoms with van der Waals surface area (Å²) < 4.78 is 29.8. The standard InChI is InChI=1S/C14H21N3O4S/c1-14(2,3)21-13(18)17-8-5-11(9-17)10-22(19,20)12-15-6-4-7-16-12/h4,6-7,11H,5,8-10H2,1-3H3/t11-/m1/s1. The Balaban J connectivity index is 1.95. The molecule has 0 aromatic carbocycles. The first-order chi connectivity index (χ1) is 10.2. The first-order valence-corrected chi connectivity index (χ1v) is 8.80. The van der Waals surface area contributed by atoms with Gasteiger partial charge in [-0.3, -0.25) is 0 Å². The molecule has 8 heteroatoms. The fraction of sp³-hybridized carbons (Fsp3) is 0.643. The van der Waals surface area contributed by atoms with Gasteiger partial charge in [0, 0.05) is 25.5 Å². The maximum Gasteiger partial charge on any atom is 0.410 e. The average Bonchev–Trinajstić information content (AvgIpc) is 2.86. The molecule has 0 unspecified atom stereocenters. The van der Waals surface area contributed by atoms with Crippen LogP contribution in [0.4, 0.5) is 4.79 Å². The summed E-state index contributed by atoms with van der Waals surface area (Å²) in [6.07, 6.45) is 3.04. The Labute approximate surface area is 130 Å². The summed E-state index contributed by atoms with van der Waals surface area (Å²) in [5.41, 5.74) is -0.556. The Morgan fingerprint density at radius 2 is 2.00 bits per heavy atom. The van der Waals surface area contributed by atoms with Crippen LogP contribution in [0.15, 0.2) is 23.6 Å². The number of sulfone groups is 1. The molecule has 0 spiro atoms. The van der Waals surface area contributed by atoms with Gasteiger partial charge < -0.3 is 9.64 Å². The number of rotatable bonds is 3. The van der Waals surface area contributed by atoms with Crippen molar-refractivity contribution in [2.45, 2.75) is 37.9 Å². The van der Waals surface area contributed by atoms with E-state index in [1.54, 1.807) is 31.7 Å². The number of likely N-dealkylation sites (tertiary alicyclic amines) is 1. The fourth-order valence-corrected chi connectivity index (χ4v) is 3.78. The van der Waals surface area contributed by atoms with Crippen LogP contribution in [0.3, 0.4) is 0 Å². The van der Waals surface area contributed by atoms with Crippen molar-refractivity contribution in [3.8, 4) is 0 Å². The van der Waals surface area contributed by atoms with Gasteiger partial charge in [-0.05, 0) is 39.2 Å². The molecule has 1 aliphatic heterocycles. The summed E-state index contributed by atoms with van der Waals surface area (Å²) in [6.45, 7) is 6.28. The lowest BCUT2D eigenvalue weighted by Gasteiger charge is -2.24. The van der Waals surface area contributed by atoms with E-state index in [1.807, 2.05) is 0 Å². The van der Waals surface area contributed by atoms with Crippen LogP contribution in [0.5, 0.6) is 0 Å². The van der Waals surface area contributed by atoms with Crippen molar-refractivity contribution in [1.82, 2.24) is 14.9 Å². The van der Waals surface area contributed by atoms with E-state index in [1.165, 1.54) is 12.4 Å². The Hall–Kier alpha value is -1.70. The Morgan fingerprint density at radius 3 is 2.59 bits per heavy atom. The van der Waals surface area contributed by atoms with Gasteiger partial charge in [0.15, 0.2) is 0 Å². The minimum atomic E-state index is -3.53. The smallest absolute Gasteiger partial charge is 0.410 e. The van der Waals surface area contributed by atoms with Crippen LogP contribution >= 0.6 is 0 Å². The zero-order valence-electron chi connectivity index (χ0n) is 13.0. The molecular formula is C14H21N3O4S. The van der Waals surface area contributed by atoms with E-state index in [-0.39, 0.29) is 16.8 Å². The van der Waals surface area contributed by atoms with Crippen LogP contribution in [-0.4, -0.2) is 53.8 Å². The number of hydrogen-bond acceptors (Lipinski definition) is 6. The molecular weight excluding hydrogens is 306 g/mol. The zero-order valence-corrected chi connectivity index (χ0v) is 13.8. The molecule has 122 valence electrons. The maximum absolute atomic E-state index is 12.2. The lowest BCUT2D eigenvalue weighted by Crippen LogP contribution is -2.35. The molecule has 1 fully saturated rings. The van der Waals surface area contributed by atoms with Gasteiger partial charge >= 0.3 is 6.09 Å². The minimum absolute atomic E-state index is 0.0592. The topological polar surface area (TPSA) is 89.5 Å². The molecule has 2 heterocycles. The van der Waals surface area contributed by atoms with Gasteiger partial charge in [-0.2, -0.15) is 0 Å². The largest absolute Gasteiger partial charge is 0.444 e. The van der Waals surface area contributed by atoms with E-state index >= 15 is 0 Å². The third-order valence-electron chi connectivity index (χ3n) is 3.21. The summed E-state index contributed by atoms with van der Waals surface area (Å²) >= 11 is 0. The van der Waals surface area contributed by atoms with Crippen LogP contribution in [-0.2, 0) is 14.6 Å². The normalized spacial score (nSPS) is 19.2. The number of hydrogen-bond donors (Lipinski definition) is 0. The van der Waals surface area contributed by atoms with Gasteiger partial charge in [0.25, 0.3) is 0 Å². The minimum Gasteiger partial charge on any atom is -0.444 e. The van der Waals surface area contributed by atoms with Gasteiger partial charge in [-0.15, -0.1) is 0 Å². The van der Waals surface area contributed by atoms with E-state index in [0.717, 1.165) is 0 Å². The molecule has 0 radical (unpaired) electrons. The lowest BCUT2D eigenvalue weighted by atomic mass is 10.2. The quantitative estimate of drug-likeness (QED) is 0.782. The van der Waals surface area contributed by atoms with Crippen molar-refractivity contribution in [3.05, 3.63) is 18.5 Å². The van der Waals surface area contributed by atoms with Crippen LogP contribution < -0.4 is 0 Å². The van der Waals surface area contributed by atoms with Crippen LogP contribution in [0.25, 0.3) is 0 Å². The average molecular weight is 327 g/mol. The fourth-order valence-electron chi connectivity index (χ4n) is 2.29. The summed E-state index contributed by atoms with van der Waals surface area (Å²) in [5.74, 6) is -0.183. The highest BCUT2D eigenvalue weighted by atomic mass is 32.2. The van der Waals surface area contributed by atoms with Crippen LogP contribution in [0.1, 0.15) is 27.2 Å². The molecule has 0 saturated carbocycles. The molecule has 0 bridgehead atoms. The molecule has 1 saturated heterocycles. The number of carbonyl (C=O) groups is 1. The maximum atomic E-state index is 12.2. The highest BCUT2D eigenvalue weighted by Gasteiger charge is 2.33. The van der Waals surface area contributed by atoms with Crippen molar-refractivity contribution in [3.63, 3.8) is 0 Å². The molecule has 1 aliphatic rings. The number of amides is 1. The second-order valence-electron chi connectivity index (χ2n) is 6.39. The van der Waals surface area contributed by atoms with E-state index in [9.17, 15) is 13.2 Å². The lowest BCUT2D eigenvalue weighted by molar-refractivity contribution is 0.0289. The molecule has 0 N–H and O–H groups in total. The zero-order chi connectivity index (χ0) is 16.4. The third kappa shape index (κ3) is 4.40. The van der Waals surface area contributed by atoms with Crippen molar-refractivity contribution in [2.75, 3.05) is 18.8 Å². The molecule has 1 aromatic rings. The van der Waals surface area contributed by atoms with Crippen molar-refractivity contribution >= 4 is 15.9 Å². The Bertz CT molecular complexity index is 625. The molecule has 1 atom stereocenters. The number of aromatic nitrogens is 2. The van der Waals surface area contributed by atoms with Crippen molar-refractivity contribution < 1.29 is 17.9 Å². The summed E-state index contributed by atoms with van der Waals surface area (Å²) in [6, 6.07) is 1.57. The SMILES string of the molecule is CC(C)(C)OC(=O)N1CC[C@@H](CS(=O)(=O)c2ncccn2)C1. The third-order valence-corrected chi connectivity index (χ3v) is 4.89. The van der Waals surface area contributed by atoms with Gasteiger partial charge in [0.1, 0.15) is 5.60 Å². The first kappa shape index (κ1) is 16.7. The number of carbonyl (C=O) groups excluding carboxylic acids is 1. The van der Waals surface area contributed by atoms with Crippen LogP contribution in [0.2, 0.25) is 0 Å². The predicted molar refractivity (Wildman–Crippen MR) is 80.0 cm³/mol. The molecule has 22 heavy (non-hydrogen) atoms. The highest BCUT2D eigenvalue weighted by molar-refractivity contribution is 7.91. The van der Waals surface area contributed by atoms with E-state index < -0.39 is 21.5 Å². The summed E-state index contributed by atoms with van der Waals surface area (Å²) in [5, 5.41) is -0.161. The molecule has 1 aromatic heterocycles. The first-order valence-electron chi connectivity index (χ1n) is 7.15.